The Morgan fingerprint density at radius 1 is 1.20 bits per heavy atom. The molecule has 4 heteroatoms. The number of para-hydroxylation sites is 1. The molecule has 2 heterocycles. The van der Waals surface area contributed by atoms with Crippen molar-refractivity contribution in [1.82, 2.24) is 9.47 Å². The average molecular weight is 273 g/mol. The van der Waals surface area contributed by atoms with E-state index in [4.69, 9.17) is 10.5 Å². The van der Waals surface area contributed by atoms with E-state index in [0.29, 0.717) is 6.54 Å². The van der Waals surface area contributed by atoms with E-state index in [1.165, 1.54) is 22.2 Å². The Kier molecular flexibility index (Phi) is 4.05. The van der Waals surface area contributed by atoms with Gasteiger partial charge in [-0.05, 0) is 18.6 Å². The molecule has 0 atom stereocenters. The predicted molar refractivity (Wildman–Crippen MR) is 81.6 cm³/mol. The highest BCUT2D eigenvalue weighted by atomic mass is 16.5. The topological polar surface area (TPSA) is 43.4 Å². The standard InChI is InChI=1S/C16H23N3O/c1-2-19-15-6-4-3-5-13(15)14(16(19)11-17)12-18-7-9-20-10-8-18/h3-6H,2,7-12,17H2,1H3. The third-order valence-electron chi connectivity index (χ3n) is 4.19. The molecular formula is C16H23N3O. The average Bonchev–Trinajstić information content (AvgIpc) is 2.81. The SMILES string of the molecule is CCn1c(CN)c(CN2CCOCC2)c2ccccc21. The molecule has 0 amide bonds. The number of aromatic nitrogens is 1. The van der Waals surface area contributed by atoms with Gasteiger partial charge in [-0.1, -0.05) is 18.2 Å². The zero-order chi connectivity index (χ0) is 13.9. The van der Waals surface area contributed by atoms with Crippen molar-refractivity contribution < 1.29 is 4.74 Å². The van der Waals surface area contributed by atoms with Crippen molar-refractivity contribution in [2.24, 2.45) is 5.73 Å². The molecular weight excluding hydrogens is 250 g/mol. The quantitative estimate of drug-likeness (QED) is 0.926. The van der Waals surface area contributed by atoms with E-state index in [-0.39, 0.29) is 0 Å². The fraction of sp³-hybridized carbons (Fsp3) is 0.500. The maximum Gasteiger partial charge on any atom is 0.0594 e. The van der Waals surface area contributed by atoms with Crippen molar-refractivity contribution in [3.63, 3.8) is 0 Å². The van der Waals surface area contributed by atoms with Gasteiger partial charge in [-0.3, -0.25) is 4.90 Å². The van der Waals surface area contributed by atoms with E-state index < -0.39 is 0 Å². The lowest BCUT2D eigenvalue weighted by Crippen LogP contribution is -2.36. The van der Waals surface area contributed by atoms with Gasteiger partial charge in [-0.15, -0.1) is 0 Å². The van der Waals surface area contributed by atoms with E-state index in [1.807, 2.05) is 0 Å². The zero-order valence-corrected chi connectivity index (χ0v) is 12.1. The first-order valence-electron chi connectivity index (χ1n) is 7.44. The van der Waals surface area contributed by atoms with E-state index in [2.05, 4.69) is 40.7 Å². The third-order valence-corrected chi connectivity index (χ3v) is 4.19. The van der Waals surface area contributed by atoms with Crippen molar-refractivity contribution >= 4 is 10.9 Å². The van der Waals surface area contributed by atoms with Gasteiger partial charge >= 0.3 is 0 Å². The lowest BCUT2D eigenvalue weighted by Gasteiger charge is -2.27. The Morgan fingerprint density at radius 2 is 1.95 bits per heavy atom. The molecule has 4 nitrogen and oxygen atoms in total. The highest BCUT2D eigenvalue weighted by Gasteiger charge is 2.18. The van der Waals surface area contributed by atoms with Gasteiger partial charge < -0.3 is 15.0 Å². The second kappa shape index (κ2) is 5.95. The number of hydrogen-bond acceptors (Lipinski definition) is 3. The summed E-state index contributed by atoms with van der Waals surface area (Å²) in [5.74, 6) is 0. The van der Waals surface area contributed by atoms with Crippen LogP contribution in [-0.4, -0.2) is 35.8 Å². The van der Waals surface area contributed by atoms with Gasteiger partial charge in [0.25, 0.3) is 0 Å². The van der Waals surface area contributed by atoms with Crippen LogP contribution in [0.2, 0.25) is 0 Å². The lowest BCUT2D eigenvalue weighted by molar-refractivity contribution is 0.0342. The molecule has 0 unspecified atom stereocenters. The molecule has 0 spiro atoms. The van der Waals surface area contributed by atoms with Crippen molar-refractivity contribution in [3.8, 4) is 0 Å². The number of nitrogens with two attached hydrogens (primary N) is 1. The largest absolute Gasteiger partial charge is 0.379 e. The van der Waals surface area contributed by atoms with Crippen LogP contribution in [0.15, 0.2) is 24.3 Å². The summed E-state index contributed by atoms with van der Waals surface area (Å²) in [7, 11) is 0. The predicted octanol–water partition coefficient (Wildman–Crippen LogP) is 1.95. The minimum absolute atomic E-state index is 0.599. The Labute approximate surface area is 120 Å². The molecule has 2 aromatic rings. The summed E-state index contributed by atoms with van der Waals surface area (Å²) in [4.78, 5) is 2.46. The first kappa shape index (κ1) is 13.6. The molecule has 0 aliphatic carbocycles. The Balaban J connectivity index is 2.03. The van der Waals surface area contributed by atoms with E-state index >= 15 is 0 Å². The van der Waals surface area contributed by atoms with E-state index in [1.54, 1.807) is 0 Å². The van der Waals surface area contributed by atoms with Crippen LogP contribution in [-0.2, 0) is 24.4 Å². The number of nitrogens with zero attached hydrogens (tertiary/aromatic N) is 2. The first-order valence-corrected chi connectivity index (χ1v) is 7.44. The van der Waals surface area contributed by atoms with Crippen LogP contribution in [0.1, 0.15) is 18.2 Å². The van der Waals surface area contributed by atoms with Crippen LogP contribution in [0.25, 0.3) is 10.9 Å². The molecule has 3 rings (SSSR count). The van der Waals surface area contributed by atoms with Crippen LogP contribution in [0.3, 0.4) is 0 Å². The second-order valence-corrected chi connectivity index (χ2v) is 5.28. The number of hydrogen-bond donors (Lipinski definition) is 1. The van der Waals surface area contributed by atoms with Crippen LogP contribution in [0.4, 0.5) is 0 Å². The summed E-state index contributed by atoms with van der Waals surface area (Å²) in [5, 5.41) is 1.35. The summed E-state index contributed by atoms with van der Waals surface area (Å²) in [5.41, 5.74) is 10.0. The molecule has 1 aromatic carbocycles. The Hall–Kier alpha value is -1.36. The highest BCUT2D eigenvalue weighted by molar-refractivity contribution is 5.85. The molecule has 0 saturated carbocycles. The normalized spacial score (nSPS) is 16.9. The van der Waals surface area contributed by atoms with Gasteiger partial charge in [0.2, 0.25) is 0 Å². The number of fused-ring (bicyclic) bond motifs is 1. The van der Waals surface area contributed by atoms with Gasteiger partial charge in [0.1, 0.15) is 0 Å². The fourth-order valence-electron chi connectivity index (χ4n) is 3.18. The lowest BCUT2D eigenvalue weighted by atomic mass is 10.1. The van der Waals surface area contributed by atoms with Crippen molar-refractivity contribution in [2.75, 3.05) is 26.3 Å². The number of rotatable bonds is 4. The van der Waals surface area contributed by atoms with E-state index in [0.717, 1.165) is 39.4 Å². The van der Waals surface area contributed by atoms with Crippen LogP contribution < -0.4 is 5.73 Å². The van der Waals surface area contributed by atoms with Crippen molar-refractivity contribution in [2.45, 2.75) is 26.6 Å². The molecule has 1 fully saturated rings. The van der Waals surface area contributed by atoms with Gasteiger partial charge in [0, 0.05) is 49.3 Å². The number of morpholine rings is 1. The monoisotopic (exact) mass is 273 g/mol. The van der Waals surface area contributed by atoms with Crippen molar-refractivity contribution in [1.29, 1.82) is 0 Å². The zero-order valence-electron chi connectivity index (χ0n) is 12.1. The molecule has 108 valence electrons. The molecule has 0 bridgehead atoms. The molecule has 1 saturated heterocycles. The van der Waals surface area contributed by atoms with Gasteiger partial charge in [-0.2, -0.15) is 0 Å². The molecule has 2 N–H and O–H groups in total. The third kappa shape index (κ3) is 2.35. The van der Waals surface area contributed by atoms with Gasteiger partial charge in [0.15, 0.2) is 0 Å². The minimum Gasteiger partial charge on any atom is -0.379 e. The molecule has 1 aromatic heterocycles. The summed E-state index contributed by atoms with van der Waals surface area (Å²) < 4.78 is 7.79. The van der Waals surface area contributed by atoms with Crippen LogP contribution >= 0.6 is 0 Å². The minimum atomic E-state index is 0.599. The van der Waals surface area contributed by atoms with E-state index in [9.17, 15) is 0 Å². The number of benzene rings is 1. The molecule has 0 radical (unpaired) electrons. The highest BCUT2D eigenvalue weighted by Crippen LogP contribution is 2.27. The summed E-state index contributed by atoms with van der Waals surface area (Å²) in [6.07, 6.45) is 0. The molecule has 1 aliphatic rings. The van der Waals surface area contributed by atoms with Crippen LogP contribution in [0.5, 0.6) is 0 Å². The Bertz CT molecular complexity index is 585. The molecule has 1 aliphatic heterocycles. The summed E-state index contributed by atoms with van der Waals surface area (Å²) in [6.45, 7) is 8.42. The maximum atomic E-state index is 6.03. The van der Waals surface area contributed by atoms with Gasteiger partial charge in [-0.25, -0.2) is 0 Å². The maximum absolute atomic E-state index is 6.03. The van der Waals surface area contributed by atoms with Gasteiger partial charge in [0.05, 0.1) is 13.2 Å². The van der Waals surface area contributed by atoms with Crippen molar-refractivity contribution in [3.05, 3.63) is 35.5 Å². The summed E-state index contributed by atoms with van der Waals surface area (Å²) in [6, 6.07) is 8.63. The second-order valence-electron chi connectivity index (χ2n) is 5.28. The summed E-state index contributed by atoms with van der Waals surface area (Å²) >= 11 is 0. The smallest absolute Gasteiger partial charge is 0.0594 e. The Morgan fingerprint density at radius 3 is 2.65 bits per heavy atom. The number of aryl methyl sites for hydroxylation is 1. The fourth-order valence-corrected chi connectivity index (χ4v) is 3.18. The first-order chi connectivity index (χ1) is 9.85. The molecule has 20 heavy (non-hydrogen) atoms. The van der Waals surface area contributed by atoms with Crippen LogP contribution in [0, 0.1) is 0 Å². The number of ether oxygens (including phenoxy) is 1.